The molecule has 1 aromatic heterocycles. The number of thiocarbonyl (C=S) groups is 1. The van der Waals surface area contributed by atoms with Crippen molar-refractivity contribution in [2.75, 3.05) is 7.05 Å². The van der Waals surface area contributed by atoms with Gasteiger partial charge in [-0.1, -0.05) is 24.3 Å². The molecule has 1 aromatic carbocycles. The molecular formula is C18H14N2O4S. The lowest BCUT2D eigenvalue weighted by Crippen LogP contribution is -2.52. The molecule has 1 aliphatic rings. The van der Waals surface area contributed by atoms with Crippen molar-refractivity contribution < 1.29 is 18.8 Å². The zero-order valence-corrected chi connectivity index (χ0v) is 14.3. The quantitative estimate of drug-likeness (QED) is 0.396. The summed E-state index contributed by atoms with van der Waals surface area (Å²) in [6.07, 6.45) is 1.38. The Balaban J connectivity index is 1.88. The number of hydrogen-bond acceptors (Lipinski definition) is 5. The van der Waals surface area contributed by atoms with Crippen molar-refractivity contribution >= 4 is 41.0 Å². The van der Waals surface area contributed by atoms with Crippen LogP contribution in [0.3, 0.4) is 0 Å². The molecule has 6 nitrogen and oxygen atoms in total. The summed E-state index contributed by atoms with van der Waals surface area (Å²) in [5, 5.41) is 2.51. The van der Waals surface area contributed by atoms with Gasteiger partial charge in [-0.2, -0.15) is 0 Å². The van der Waals surface area contributed by atoms with Crippen molar-refractivity contribution in [3.05, 3.63) is 53.3 Å². The molecule has 2 aromatic rings. The van der Waals surface area contributed by atoms with Gasteiger partial charge in [0.2, 0.25) is 0 Å². The zero-order valence-electron chi connectivity index (χ0n) is 13.5. The highest BCUT2D eigenvalue weighted by molar-refractivity contribution is 7.80. The number of Topliss-reactive ketones (excluding diaryl/α,β-unsaturated/α-hetero) is 1. The van der Waals surface area contributed by atoms with Gasteiger partial charge in [-0.3, -0.25) is 24.6 Å². The maximum absolute atomic E-state index is 12.2. The first-order chi connectivity index (χ1) is 11.9. The highest BCUT2D eigenvalue weighted by Crippen LogP contribution is 2.24. The third kappa shape index (κ3) is 3.27. The number of ketones is 1. The number of hydrogen-bond donors (Lipinski definition) is 1. The average molecular weight is 354 g/mol. The van der Waals surface area contributed by atoms with Crippen LogP contribution >= 0.6 is 12.2 Å². The van der Waals surface area contributed by atoms with Gasteiger partial charge in [0.1, 0.15) is 17.1 Å². The molecule has 1 fully saturated rings. The predicted molar refractivity (Wildman–Crippen MR) is 95.6 cm³/mol. The van der Waals surface area contributed by atoms with E-state index in [1.54, 1.807) is 36.4 Å². The van der Waals surface area contributed by atoms with Crippen LogP contribution in [0.5, 0.6) is 0 Å². The largest absolute Gasteiger partial charge is 0.457 e. The normalized spacial score (nSPS) is 16.3. The van der Waals surface area contributed by atoms with E-state index in [0.29, 0.717) is 17.1 Å². The van der Waals surface area contributed by atoms with E-state index in [4.69, 9.17) is 16.6 Å². The van der Waals surface area contributed by atoms with Gasteiger partial charge in [0.25, 0.3) is 11.8 Å². The van der Waals surface area contributed by atoms with E-state index in [0.717, 1.165) is 5.56 Å². The second-order valence-corrected chi connectivity index (χ2v) is 5.90. The average Bonchev–Trinajstić information content (AvgIpc) is 3.05. The van der Waals surface area contributed by atoms with E-state index in [1.165, 1.54) is 24.9 Å². The minimum absolute atomic E-state index is 0.0136. The summed E-state index contributed by atoms with van der Waals surface area (Å²) < 4.78 is 5.69. The smallest absolute Gasteiger partial charge is 0.265 e. The molecule has 2 amide bonds. The highest BCUT2D eigenvalue weighted by Gasteiger charge is 2.31. The maximum atomic E-state index is 12.2. The molecular weight excluding hydrogens is 340 g/mol. The summed E-state index contributed by atoms with van der Waals surface area (Å²) in [6.45, 7) is 1.50. The number of rotatable bonds is 3. The molecule has 3 rings (SSSR count). The zero-order chi connectivity index (χ0) is 18.1. The van der Waals surface area contributed by atoms with Crippen LogP contribution in [0.4, 0.5) is 0 Å². The maximum Gasteiger partial charge on any atom is 0.265 e. The van der Waals surface area contributed by atoms with E-state index < -0.39 is 11.8 Å². The Morgan fingerprint density at radius 2 is 1.84 bits per heavy atom. The molecule has 0 saturated carbocycles. The van der Waals surface area contributed by atoms with Crippen molar-refractivity contribution in [1.82, 2.24) is 10.2 Å². The second kappa shape index (κ2) is 6.45. The van der Waals surface area contributed by atoms with Crippen molar-refractivity contribution in [3.63, 3.8) is 0 Å². The molecule has 0 atom stereocenters. The van der Waals surface area contributed by atoms with E-state index in [1.807, 2.05) is 0 Å². The summed E-state index contributed by atoms with van der Waals surface area (Å²) in [6, 6.07) is 10.4. The van der Waals surface area contributed by atoms with E-state index >= 15 is 0 Å². The molecule has 1 N–H and O–H groups in total. The fourth-order valence-corrected chi connectivity index (χ4v) is 2.52. The van der Waals surface area contributed by atoms with Gasteiger partial charge in [-0.25, -0.2) is 0 Å². The first-order valence-electron chi connectivity index (χ1n) is 7.43. The number of nitrogens with one attached hydrogen (secondary N) is 1. The highest BCUT2D eigenvalue weighted by atomic mass is 32.1. The Morgan fingerprint density at radius 1 is 1.16 bits per heavy atom. The Bertz CT molecular complexity index is 925. The lowest BCUT2D eigenvalue weighted by Gasteiger charge is -2.24. The predicted octanol–water partition coefficient (Wildman–Crippen LogP) is 2.41. The fourth-order valence-electron chi connectivity index (χ4n) is 2.34. The molecule has 0 radical (unpaired) electrons. The van der Waals surface area contributed by atoms with Crippen LogP contribution in [0.1, 0.15) is 23.0 Å². The molecule has 0 unspecified atom stereocenters. The Labute approximate surface area is 149 Å². The molecule has 7 heteroatoms. The van der Waals surface area contributed by atoms with Gasteiger partial charge >= 0.3 is 0 Å². The van der Waals surface area contributed by atoms with Crippen LogP contribution in [-0.2, 0) is 9.59 Å². The summed E-state index contributed by atoms with van der Waals surface area (Å²) in [4.78, 5) is 36.6. The van der Waals surface area contributed by atoms with Crippen LogP contribution in [-0.4, -0.2) is 34.7 Å². The lowest BCUT2D eigenvalue weighted by atomic mass is 10.1. The summed E-state index contributed by atoms with van der Waals surface area (Å²) in [5.74, 6) is -0.130. The van der Waals surface area contributed by atoms with E-state index in [-0.39, 0.29) is 16.5 Å². The molecule has 25 heavy (non-hydrogen) atoms. The molecule has 126 valence electrons. The number of likely N-dealkylation sites (N-methyl/N-ethyl adjacent to an activating group) is 1. The molecule has 0 aliphatic carbocycles. The minimum Gasteiger partial charge on any atom is -0.457 e. The van der Waals surface area contributed by atoms with Gasteiger partial charge in [0.05, 0.1) is 0 Å². The van der Waals surface area contributed by atoms with Crippen molar-refractivity contribution in [2.45, 2.75) is 6.92 Å². The van der Waals surface area contributed by atoms with Crippen LogP contribution in [0, 0.1) is 0 Å². The van der Waals surface area contributed by atoms with E-state index in [9.17, 15) is 14.4 Å². The van der Waals surface area contributed by atoms with Crippen molar-refractivity contribution in [1.29, 1.82) is 0 Å². The van der Waals surface area contributed by atoms with Crippen LogP contribution in [0.25, 0.3) is 17.4 Å². The summed E-state index contributed by atoms with van der Waals surface area (Å²) >= 11 is 4.90. The van der Waals surface area contributed by atoms with Gasteiger partial charge in [0.15, 0.2) is 10.9 Å². The van der Waals surface area contributed by atoms with Crippen LogP contribution in [0.15, 0.2) is 46.4 Å². The summed E-state index contributed by atoms with van der Waals surface area (Å²) in [7, 11) is 1.49. The number of nitrogens with zero attached hydrogens (tertiary/aromatic N) is 1. The van der Waals surface area contributed by atoms with Gasteiger partial charge in [-0.15, -0.1) is 0 Å². The van der Waals surface area contributed by atoms with Crippen molar-refractivity contribution in [3.8, 4) is 11.3 Å². The number of carbonyl (C=O) groups is 3. The van der Waals surface area contributed by atoms with Gasteiger partial charge < -0.3 is 4.42 Å². The number of furan rings is 1. The molecule has 0 bridgehead atoms. The standard InChI is InChI=1S/C18H14N2O4S/c1-10(21)11-3-5-12(6-4-11)15-8-7-13(24-15)9-14-16(22)19-18(25)20(2)17(14)23/h3-9H,1-2H3,(H,19,22,25). The SMILES string of the molecule is CC(=O)c1ccc(-c2ccc(C=C3C(=O)NC(=S)N(C)C3=O)o2)cc1. The topological polar surface area (TPSA) is 79.6 Å². The first-order valence-corrected chi connectivity index (χ1v) is 7.84. The lowest BCUT2D eigenvalue weighted by molar-refractivity contribution is -0.128. The Hall–Kier alpha value is -3.06. The van der Waals surface area contributed by atoms with Gasteiger partial charge in [-0.05, 0) is 37.4 Å². The molecule has 0 spiro atoms. The van der Waals surface area contributed by atoms with E-state index in [2.05, 4.69) is 5.32 Å². The number of benzene rings is 1. The third-order valence-electron chi connectivity index (χ3n) is 3.79. The third-order valence-corrected chi connectivity index (χ3v) is 4.17. The fraction of sp³-hybridized carbons (Fsp3) is 0.111. The monoisotopic (exact) mass is 354 g/mol. The second-order valence-electron chi connectivity index (χ2n) is 5.52. The minimum atomic E-state index is -0.558. The number of carbonyl (C=O) groups excluding carboxylic acids is 3. The Kier molecular flexibility index (Phi) is 4.33. The van der Waals surface area contributed by atoms with Crippen molar-refractivity contribution in [2.24, 2.45) is 0 Å². The first kappa shape index (κ1) is 16.8. The molecule has 1 aliphatic heterocycles. The van der Waals surface area contributed by atoms with Crippen LogP contribution < -0.4 is 5.32 Å². The van der Waals surface area contributed by atoms with Crippen LogP contribution in [0.2, 0.25) is 0 Å². The molecule has 1 saturated heterocycles. The number of amides is 2. The summed E-state index contributed by atoms with van der Waals surface area (Å²) in [5.41, 5.74) is 1.34. The molecule has 2 heterocycles. The van der Waals surface area contributed by atoms with Gasteiger partial charge in [0, 0.05) is 18.2 Å². The Morgan fingerprint density at radius 3 is 2.48 bits per heavy atom.